The fraction of sp³-hybridized carbons (Fsp3) is 0.533. The molecule has 5 nitrogen and oxygen atoms in total. The third kappa shape index (κ3) is 3.04. The molecule has 1 aromatic carbocycles. The summed E-state index contributed by atoms with van der Waals surface area (Å²) in [4.78, 5) is 16.6. The van der Waals surface area contributed by atoms with E-state index < -0.39 is 0 Å². The Bertz CT molecular complexity index is 500. The van der Waals surface area contributed by atoms with Gasteiger partial charge in [-0.15, -0.1) is 0 Å². The molecule has 20 heavy (non-hydrogen) atoms. The van der Waals surface area contributed by atoms with Crippen LogP contribution in [0.15, 0.2) is 18.2 Å². The number of nitrogen functional groups attached to an aromatic ring is 1. The SMILES string of the molecule is CC(C)(C)N1CCN(C(=O)c2cc(O)ccc2N)CC1. The molecule has 1 heterocycles. The first-order chi connectivity index (χ1) is 9.29. The Balaban J connectivity index is 2.07. The lowest BCUT2D eigenvalue weighted by atomic mass is 10.0. The third-order valence-electron chi connectivity index (χ3n) is 3.78. The summed E-state index contributed by atoms with van der Waals surface area (Å²) in [5.41, 5.74) is 6.74. The predicted octanol–water partition coefficient (Wildman–Crippen LogP) is 1.53. The summed E-state index contributed by atoms with van der Waals surface area (Å²) in [6.45, 7) is 9.62. The van der Waals surface area contributed by atoms with Crippen molar-refractivity contribution in [2.24, 2.45) is 0 Å². The molecule has 110 valence electrons. The number of nitrogens with two attached hydrogens (primary N) is 1. The highest BCUT2D eigenvalue weighted by Crippen LogP contribution is 2.22. The number of rotatable bonds is 1. The van der Waals surface area contributed by atoms with Crippen LogP contribution in [0.5, 0.6) is 5.75 Å². The maximum absolute atomic E-state index is 12.4. The lowest BCUT2D eigenvalue weighted by molar-refractivity contribution is 0.0451. The van der Waals surface area contributed by atoms with Crippen molar-refractivity contribution >= 4 is 11.6 Å². The molecule has 0 aliphatic carbocycles. The Morgan fingerprint density at radius 3 is 2.35 bits per heavy atom. The van der Waals surface area contributed by atoms with Crippen LogP contribution in [0.3, 0.4) is 0 Å². The lowest BCUT2D eigenvalue weighted by Crippen LogP contribution is -2.54. The molecule has 1 amide bonds. The monoisotopic (exact) mass is 277 g/mol. The van der Waals surface area contributed by atoms with Gasteiger partial charge >= 0.3 is 0 Å². The molecule has 5 heteroatoms. The highest BCUT2D eigenvalue weighted by atomic mass is 16.3. The van der Waals surface area contributed by atoms with Crippen molar-refractivity contribution in [2.45, 2.75) is 26.3 Å². The van der Waals surface area contributed by atoms with Gasteiger partial charge in [-0.25, -0.2) is 0 Å². The number of nitrogens with zero attached hydrogens (tertiary/aromatic N) is 2. The van der Waals surface area contributed by atoms with Crippen LogP contribution >= 0.6 is 0 Å². The standard InChI is InChI=1S/C15H23N3O2/c1-15(2,3)18-8-6-17(7-9-18)14(20)12-10-11(19)4-5-13(12)16/h4-5,10,19H,6-9,16H2,1-3H3. The van der Waals surface area contributed by atoms with Crippen LogP contribution in [0, 0.1) is 0 Å². The van der Waals surface area contributed by atoms with Crippen LogP contribution in [0.1, 0.15) is 31.1 Å². The molecular weight excluding hydrogens is 254 g/mol. The first kappa shape index (κ1) is 14.7. The van der Waals surface area contributed by atoms with Gasteiger partial charge < -0.3 is 15.7 Å². The van der Waals surface area contributed by atoms with Gasteiger partial charge in [0.1, 0.15) is 5.75 Å². The molecule has 0 atom stereocenters. The molecule has 2 rings (SSSR count). The Morgan fingerprint density at radius 2 is 1.80 bits per heavy atom. The van der Waals surface area contributed by atoms with Crippen molar-refractivity contribution in [1.82, 2.24) is 9.80 Å². The van der Waals surface area contributed by atoms with Crippen LogP contribution in [-0.2, 0) is 0 Å². The van der Waals surface area contributed by atoms with Gasteiger partial charge in [0.25, 0.3) is 5.91 Å². The molecule has 3 N–H and O–H groups in total. The summed E-state index contributed by atoms with van der Waals surface area (Å²) < 4.78 is 0. The number of anilines is 1. The predicted molar refractivity (Wildman–Crippen MR) is 79.7 cm³/mol. The molecule has 1 aromatic rings. The fourth-order valence-corrected chi connectivity index (χ4v) is 2.48. The quantitative estimate of drug-likeness (QED) is 0.603. The van der Waals surface area contributed by atoms with Crippen molar-refractivity contribution < 1.29 is 9.90 Å². The largest absolute Gasteiger partial charge is 0.508 e. The zero-order chi connectivity index (χ0) is 14.9. The molecule has 0 bridgehead atoms. The topological polar surface area (TPSA) is 69.8 Å². The van der Waals surface area contributed by atoms with Crippen molar-refractivity contribution in [2.75, 3.05) is 31.9 Å². The van der Waals surface area contributed by atoms with Crippen LogP contribution in [-0.4, -0.2) is 52.5 Å². The Labute approximate surface area is 120 Å². The molecule has 0 saturated carbocycles. The number of carbonyl (C=O) groups is 1. The average Bonchev–Trinajstić information content (AvgIpc) is 2.40. The Hall–Kier alpha value is -1.75. The van der Waals surface area contributed by atoms with Crippen molar-refractivity contribution in [3.63, 3.8) is 0 Å². The third-order valence-corrected chi connectivity index (χ3v) is 3.78. The van der Waals surface area contributed by atoms with E-state index in [2.05, 4.69) is 25.7 Å². The molecule has 1 saturated heterocycles. The highest BCUT2D eigenvalue weighted by molar-refractivity contribution is 5.99. The van der Waals surface area contributed by atoms with Gasteiger partial charge in [-0.05, 0) is 39.0 Å². The molecule has 0 spiro atoms. The van der Waals surface area contributed by atoms with Crippen LogP contribution < -0.4 is 5.73 Å². The van der Waals surface area contributed by atoms with E-state index in [1.807, 2.05) is 0 Å². The second-order valence-corrected chi connectivity index (χ2v) is 6.22. The summed E-state index contributed by atoms with van der Waals surface area (Å²) in [5, 5.41) is 9.50. The number of carbonyl (C=O) groups excluding carboxylic acids is 1. The van der Waals surface area contributed by atoms with E-state index in [0.29, 0.717) is 24.3 Å². The van der Waals surface area contributed by atoms with Crippen LogP contribution in [0.4, 0.5) is 5.69 Å². The molecule has 0 radical (unpaired) electrons. The molecular formula is C15H23N3O2. The van der Waals surface area contributed by atoms with Crippen molar-refractivity contribution in [3.8, 4) is 5.75 Å². The highest BCUT2D eigenvalue weighted by Gasteiger charge is 2.28. The van der Waals surface area contributed by atoms with E-state index in [1.165, 1.54) is 12.1 Å². The molecule has 1 aliphatic heterocycles. The maximum Gasteiger partial charge on any atom is 0.256 e. The van der Waals surface area contributed by atoms with Gasteiger partial charge in [-0.1, -0.05) is 0 Å². The summed E-state index contributed by atoms with van der Waals surface area (Å²) in [5.74, 6) is -0.0390. The summed E-state index contributed by atoms with van der Waals surface area (Å²) in [6, 6.07) is 4.49. The van der Waals surface area contributed by atoms with Gasteiger partial charge in [0.2, 0.25) is 0 Å². The molecule has 0 aromatic heterocycles. The smallest absolute Gasteiger partial charge is 0.256 e. The minimum absolute atomic E-state index is 0.0656. The number of hydrogen-bond acceptors (Lipinski definition) is 4. The van der Waals surface area contributed by atoms with E-state index >= 15 is 0 Å². The van der Waals surface area contributed by atoms with Gasteiger partial charge in [-0.3, -0.25) is 9.69 Å². The number of aromatic hydroxyl groups is 1. The summed E-state index contributed by atoms with van der Waals surface area (Å²) in [7, 11) is 0. The Kier molecular flexibility index (Phi) is 3.90. The van der Waals surface area contributed by atoms with Crippen LogP contribution in [0.25, 0.3) is 0 Å². The number of piperazine rings is 1. The second-order valence-electron chi connectivity index (χ2n) is 6.22. The average molecular weight is 277 g/mol. The van der Waals surface area contributed by atoms with Gasteiger partial charge in [-0.2, -0.15) is 0 Å². The van der Waals surface area contributed by atoms with E-state index in [4.69, 9.17) is 5.73 Å². The first-order valence-electron chi connectivity index (χ1n) is 6.92. The van der Waals surface area contributed by atoms with E-state index in [-0.39, 0.29) is 17.2 Å². The van der Waals surface area contributed by atoms with Gasteiger partial charge in [0.05, 0.1) is 5.56 Å². The number of phenols is 1. The zero-order valence-corrected chi connectivity index (χ0v) is 12.4. The summed E-state index contributed by atoms with van der Waals surface area (Å²) in [6.07, 6.45) is 0. The molecule has 1 fully saturated rings. The van der Waals surface area contributed by atoms with Crippen LogP contribution in [0.2, 0.25) is 0 Å². The number of benzene rings is 1. The number of amides is 1. The van der Waals surface area contributed by atoms with Crippen molar-refractivity contribution in [1.29, 1.82) is 0 Å². The first-order valence-corrected chi connectivity index (χ1v) is 6.92. The minimum atomic E-state index is -0.105. The van der Waals surface area contributed by atoms with E-state index in [9.17, 15) is 9.90 Å². The van der Waals surface area contributed by atoms with Crippen molar-refractivity contribution in [3.05, 3.63) is 23.8 Å². The van der Waals surface area contributed by atoms with E-state index in [1.54, 1.807) is 11.0 Å². The maximum atomic E-state index is 12.4. The molecule has 1 aliphatic rings. The normalized spacial score (nSPS) is 17.2. The van der Waals surface area contributed by atoms with Gasteiger partial charge in [0.15, 0.2) is 0 Å². The fourth-order valence-electron chi connectivity index (χ4n) is 2.48. The minimum Gasteiger partial charge on any atom is -0.508 e. The zero-order valence-electron chi connectivity index (χ0n) is 12.4. The number of hydrogen-bond donors (Lipinski definition) is 2. The summed E-state index contributed by atoms with van der Waals surface area (Å²) >= 11 is 0. The Morgan fingerprint density at radius 1 is 1.20 bits per heavy atom. The number of phenolic OH excluding ortho intramolecular Hbond substituents is 1. The second kappa shape index (κ2) is 5.32. The lowest BCUT2D eigenvalue weighted by Gasteiger charge is -2.42. The van der Waals surface area contributed by atoms with E-state index in [0.717, 1.165) is 13.1 Å². The molecule has 0 unspecified atom stereocenters. The van der Waals surface area contributed by atoms with Gasteiger partial charge in [0, 0.05) is 37.4 Å².